The molecule has 0 aliphatic carbocycles. The Labute approximate surface area is 93.2 Å². The number of hydrogen-bond acceptors (Lipinski definition) is 3. The van der Waals surface area contributed by atoms with Gasteiger partial charge in [0, 0.05) is 25.0 Å². The highest BCUT2D eigenvalue weighted by molar-refractivity contribution is 6.29. The van der Waals surface area contributed by atoms with Gasteiger partial charge in [0.2, 0.25) is 5.91 Å². The Balaban J connectivity index is 2.18. The molecule has 1 aliphatic rings. The molecular weight excluding hydrogens is 214 g/mol. The van der Waals surface area contributed by atoms with E-state index < -0.39 is 0 Å². The number of halogens is 1. The molecule has 0 radical (unpaired) electrons. The molecule has 1 amide bonds. The van der Waals surface area contributed by atoms with Gasteiger partial charge in [0.1, 0.15) is 5.15 Å². The van der Waals surface area contributed by atoms with Crippen LogP contribution in [-0.4, -0.2) is 30.5 Å². The van der Waals surface area contributed by atoms with Crippen molar-refractivity contribution in [2.24, 2.45) is 0 Å². The van der Waals surface area contributed by atoms with E-state index in [9.17, 15) is 4.79 Å². The summed E-state index contributed by atoms with van der Waals surface area (Å²) in [6.45, 7) is 1.99. The highest BCUT2D eigenvalue weighted by Gasteiger charge is 2.14. The van der Waals surface area contributed by atoms with E-state index in [1.54, 1.807) is 12.3 Å². The standard InChI is InChI=1S/C10H12ClN3O/c11-9-6-8(2-4-12-9)14-5-1-3-13-10(15)7-14/h2,4,6H,1,3,5,7H2,(H,13,15). The monoisotopic (exact) mass is 225 g/mol. The predicted octanol–water partition coefficient (Wildman–Crippen LogP) is 1.06. The molecule has 2 heterocycles. The second kappa shape index (κ2) is 4.49. The highest BCUT2D eigenvalue weighted by Crippen LogP contribution is 2.17. The first kappa shape index (κ1) is 10.2. The van der Waals surface area contributed by atoms with E-state index in [1.165, 1.54) is 0 Å². The molecule has 15 heavy (non-hydrogen) atoms. The fourth-order valence-corrected chi connectivity index (χ4v) is 1.78. The van der Waals surface area contributed by atoms with Gasteiger partial charge in [-0.1, -0.05) is 11.6 Å². The van der Waals surface area contributed by atoms with Gasteiger partial charge in [-0.2, -0.15) is 0 Å². The van der Waals surface area contributed by atoms with E-state index in [2.05, 4.69) is 10.3 Å². The minimum absolute atomic E-state index is 0.0560. The molecule has 2 rings (SSSR count). The van der Waals surface area contributed by atoms with Crippen LogP contribution in [0.15, 0.2) is 18.3 Å². The molecule has 0 saturated carbocycles. The fourth-order valence-electron chi connectivity index (χ4n) is 1.62. The smallest absolute Gasteiger partial charge is 0.239 e. The first-order valence-electron chi connectivity index (χ1n) is 4.89. The second-order valence-corrected chi connectivity index (χ2v) is 3.85. The Morgan fingerprint density at radius 2 is 2.40 bits per heavy atom. The maximum Gasteiger partial charge on any atom is 0.239 e. The summed E-state index contributed by atoms with van der Waals surface area (Å²) in [6, 6.07) is 3.64. The van der Waals surface area contributed by atoms with Gasteiger partial charge >= 0.3 is 0 Å². The van der Waals surface area contributed by atoms with Crippen molar-refractivity contribution >= 4 is 23.2 Å². The van der Waals surface area contributed by atoms with Crippen LogP contribution < -0.4 is 10.2 Å². The van der Waals surface area contributed by atoms with E-state index in [-0.39, 0.29) is 5.91 Å². The number of amides is 1. The van der Waals surface area contributed by atoms with Gasteiger partial charge in [-0.3, -0.25) is 4.79 Å². The molecule has 80 valence electrons. The minimum atomic E-state index is 0.0560. The molecule has 1 N–H and O–H groups in total. The highest BCUT2D eigenvalue weighted by atomic mass is 35.5. The molecule has 4 nitrogen and oxygen atoms in total. The Morgan fingerprint density at radius 1 is 1.53 bits per heavy atom. The van der Waals surface area contributed by atoms with Crippen molar-refractivity contribution in [2.45, 2.75) is 6.42 Å². The number of carbonyl (C=O) groups is 1. The molecular formula is C10H12ClN3O. The normalized spacial score (nSPS) is 17.1. The van der Waals surface area contributed by atoms with Crippen molar-refractivity contribution in [2.75, 3.05) is 24.5 Å². The van der Waals surface area contributed by atoms with Gasteiger partial charge in [-0.05, 0) is 18.6 Å². The lowest BCUT2D eigenvalue weighted by atomic mass is 10.3. The average molecular weight is 226 g/mol. The zero-order valence-electron chi connectivity index (χ0n) is 8.24. The van der Waals surface area contributed by atoms with Crippen LogP contribution in [0.5, 0.6) is 0 Å². The van der Waals surface area contributed by atoms with Crippen molar-refractivity contribution in [3.63, 3.8) is 0 Å². The van der Waals surface area contributed by atoms with Crippen molar-refractivity contribution in [3.8, 4) is 0 Å². The number of hydrogen-bond donors (Lipinski definition) is 1. The van der Waals surface area contributed by atoms with Crippen molar-refractivity contribution in [1.82, 2.24) is 10.3 Å². The van der Waals surface area contributed by atoms with E-state index >= 15 is 0 Å². The largest absolute Gasteiger partial charge is 0.362 e. The van der Waals surface area contributed by atoms with Gasteiger partial charge in [0.05, 0.1) is 6.54 Å². The summed E-state index contributed by atoms with van der Waals surface area (Å²) in [5.74, 6) is 0.0560. The van der Waals surface area contributed by atoms with Crippen LogP contribution in [0.2, 0.25) is 5.15 Å². The van der Waals surface area contributed by atoms with E-state index in [0.717, 1.165) is 25.2 Å². The number of pyridine rings is 1. The molecule has 0 atom stereocenters. The van der Waals surface area contributed by atoms with Crippen molar-refractivity contribution < 1.29 is 4.79 Å². The predicted molar refractivity (Wildman–Crippen MR) is 59.1 cm³/mol. The van der Waals surface area contributed by atoms with Gasteiger partial charge in [-0.15, -0.1) is 0 Å². The van der Waals surface area contributed by atoms with E-state index in [0.29, 0.717) is 11.7 Å². The molecule has 1 aromatic rings. The Bertz CT molecular complexity index is 369. The molecule has 5 heteroatoms. The summed E-state index contributed by atoms with van der Waals surface area (Å²) in [5.41, 5.74) is 0.951. The number of rotatable bonds is 1. The number of carbonyl (C=O) groups excluding carboxylic acids is 1. The topological polar surface area (TPSA) is 45.2 Å². The van der Waals surface area contributed by atoms with Gasteiger partial charge < -0.3 is 10.2 Å². The van der Waals surface area contributed by atoms with Crippen LogP contribution >= 0.6 is 11.6 Å². The lowest BCUT2D eigenvalue weighted by Gasteiger charge is -2.20. The van der Waals surface area contributed by atoms with Crippen LogP contribution in [0.25, 0.3) is 0 Å². The molecule has 1 saturated heterocycles. The Morgan fingerprint density at radius 3 is 3.20 bits per heavy atom. The summed E-state index contributed by atoms with van der Waals surface area (Å²) in [7, 11) is 0. The van der Waals surface area contributed by atoms with Crippen LogP contribution in [0.1, 0.15) is 6.42 Å². The summed E-state index contributed by atoms with van der Waals surface area (Å²) in [6.07, 6.45) is 2.60. The van der Waals surface area contributed by atoms with Crippen LogP contribution in [-0.2, 0) is 4.79 Å². The first-order chi connectivity index (χ1) is 7.25. The average Bonchev–Trinajstić information content (AvgIpc) is 2.43. The SMILES string of the molecule is O=C1CN(c2ccnc(Cl)c2)CCCN1. The molecule has 1 aliphatic heterocycles. The van der Waals surface area contributed by atoms with Gasteiger partial charge in [0.25, 0.3) is 0 Å². The third kappa shape index (κ3) is 2.59. The van der Waals surface area contributed by atoms with E-state index in [1.807, 2.05) is 11.0 Å². The molecule has 1 fully saturated rings. The zero-order valence-corrected chi connectivity index (χ0v) is 9.00. The van der Waals surface area contributed by atoms with Crippen LogP contribution in [0.3, 0.4) is 0 Å². The Hall–Kier alpha value is -1.29. The fraction of sp³-hybridized carbons (Fsp3) is 0.400. The summed E-state index contributed by atoms with van der Waals surface area (Å²) in [5, 5.41) is 3.29. The molecule has 1 aromatic heterocycles. The van der Waals surface area contributed by atoms with Crippen molar-refractivity contribution in [3.05, 3.63) is 23.5 Å². The molecule has 0 bridgehead atoms. The van der Waals surface area contributed by atoms with Gasteiger partial charge in [0.15, 0.2) is 0 Å². The first-order valence-corrected chi connectivity index (χ1v) is 5.27. The maximum atomic E-state index is 11.4. The van der Waals surface area contributed by atoms with Crippen molar-refractivity contribution in [1.29, 1.82) is 0 Å². The lowest BCUT2D eigenvalue weighted by Crippen LogP contribution is -2.32. The van der Waals surface area contributed by atoms with E-state index in [4.69, 9.17) is 11.6 Å². The summed E-state index contributed by atoms with van der Waals surface area (Å²) in [4.78, 5) is 17.3. The maximum absolute atomic E-state index is 11.4. The quantitative estimate of drug-likeness (QED) is 0.727. The third-order valence-corrected chi connectivity index (χ3v) is 2.54. The lowest BCUT2D eigenvalue weighted by molar-refractivity contribution is -0.119. The second-order valence-electron chi connectivity index (χ2n) is 3.46. The summed E-state index contributed by atoms with van der Waals surface area (Å²) >= 11 is 5.80. The molecule has 0 spiro atoms. The molecule has 0 unspecified atom stereocenters. The summed E-state index contributed by atoms with van der Waals surface area (Å²) < 4.78 is 0. The number of nitrogens with one attached hydrogen (secondary N) is 1. The molecule has 0 aromatic carbocycles. The number of aromatic nitrogens is 1. The van der Waals surface area contributed by atoms with Crippen LogP contribution in [0, 0.1) is 0 Å². The van der Waals surface area contributed by atoms with Crippen LogP contribution in [0.4, 0.5) is 5.69 Å². The third-order valence-electron chi connectivity index (χ3n) is 2.34. The van der Waals surface area contributed by atoms with Gasteiger partial charge in [-0.25, -0.2) is 4.98 Å². The Kier molecular flexibility index (Phi) is 3.06. The number of nitrogens with zero attached hydrogens (tertiary/aromatic N) is 2. The zero-order chi connectivity index (χ0) is 10.7. The number of anilines is 1. The minimum Gasteiger partial charge on any atom is -0.362 e.